The lowest BCUT2D eigenvalue weighted by molar-refractivity contribution is 0.122. The van der Waals surface area contributed by atoms with Crippen LogP contribution in [0, 0.1) is 0 Å². The van der Waals surface area contributed by atoms with Crippen LogP contribution in [-0.4, -0.2) is 56.1 Å². The van der Waals surface area contributed by atoms with E-state index in [4.69, 9.17) is 32.9 Å². The number of nitrogens with zero attached hydrogens (tertiary/aromatic N) is 7. The molecule has 2 fully saturated rings. The highest BCUT2D eigenvalue weighted by Crippen LogP contribution is 2.47. The third-order valence-corrected chi connectivity index (χ3v) is 7.56. The Labute approximate surface area is 207 Å². The largest absolute Gasteiger partial charge is 0.378 e. The summed E-state index contributed by atoms with van der Waals surface area (Å²) in [6.07, 6.45) is 5.98. The van der Waals surface area contributed by atoms with Crippen molar-refractivity contribution in [3.05, 3.63) is 51.8 Å². The summed E-state index contributed by atoms with van der Waals surface area (Å²) in [5.41, 5.74) is 5.44. The molecule has 1 aliphatic carbocycles. The fourth-order valence-electron chi connectivity index (χ4n) is 4.84. The predicted octanol–water partition coefficient (Wildman–Crippen LogP) is 4.86. The van der Waals surface area contributed by atoms with Crippen LogP contribution in [0.15, 0.2) is 30.6 Å². The SMILES string of the molecule is C[C@H](c1c(Cl)ccc(C2CC2)c1Cl)n1nnc2cnc(-c3cnn(C)c3N3CCOCC3)cc21. The van der Waals surface area contributed by atoms with Crippen molar-refractivity contribution < 1.29 is 4.74 Å². The molecule has 1 saturated carbocycles. The van der Waals surface area contributed by atoms with Gasteiger partial charge < -0.3 is 9.64 Å². The molecule has 4 heterocycles. The van der Waals surface area contributed by atoms with Gasteiger partial charge in [0.05, 0.1) is 53.4 Å². The van der Waals surface area contributed by atoms with E-state index < -0.39 is 0 Å². The van der Waals surface area contributed by atoms with Crippen LogP contribution in [0.25, 0.3) is 22.3 Å². The molecular weight excluding hydrogens is 473 g/mol. The van der Waals surface area contributed by atoms with Crippen LogP contribution < -0.4 is 4.90 Å². The molecule has 0 radical (unpaired) electrons. The molecule has 4 aromatic rings. The van der Waals surface area contributed by atoms with Gasteiger partial charge in [-0.3, -0.25) is 9.67 Å². The van der Waals surface area contributed by atoms with Crippen molar-refractivity contribution in [1.29, 1.82) is 0 Å². The molecule has 1 aromatic carbocycles. The van der Waals surface area contributed by atoms with Gasteiger partial charge in [0.2, 0.25) is 0 Å². The summed E-state index contributed by atoms with van der Waals surface area (Å²) < 4.78 is 9.31. The molecule has 2 aliphatic rings. The zero-order valence-electron chi connectivity index (χ0n) is 19.1. The fraction of sp³-hybridized carbons (Fsp3) is 0.417. The highest BCUT2D eigenvalue weighted by Gasteiger charge is 2.30. The van der Waals surface area contributed by atoms with Gasteiger partial charge in [-0.15, -0.1) is 5.10 Å². The molecule has 0 bridgehead atoms. The number of aryl methyl sites for hydroxylation is 1. The lowest BCUT2D eigenvalue weighted by Crippen LogP contribution is -2.37. The quantitative estimate of drug-likeness (QED) is 0.392. The number of anilines is 1. The maximum atomic E-state index is 6.86. The van der Waals surface area contributed by atoms with E-state index in [0.29, 0.717) is 24.2 Å². The van der Waals surface area contributed by atoms with Crippen LogP contribution in [-0.2, 0) is 11.8 Å². The lowest BCUT2D eigenvalue weighted by atomic mass is 10.0. The molecule has 176 valence electrons. The summed E-state index contributed by atoms with van der Waals surface area (Å²) in [7, 11) is 1.96. The van der Waals surface area contributed by atoms with E-state index in [0.717, 1.165) is 51.8 Å². The molecule has 1 atom stereocenters. The molecule has 34 heavy (non-hydrogen) atoms. The summed E-state index contributed by atoms with van der Waals surface area (Å²) in [5, 5.41) is 14.7. The highest BCUT2D eigenvalue weighted by atomic mass is 35.5. The maximum Gasteiger partial charge on any atom is 0.136 e. The highest BCUT2D eigenvalue weighted by molar-refractivity contribution is 6.36. The third-order valence-electron chi connectivity index (χ3n) is 6.81. The Morgan fingerprint density at radius 1 is 1.12 bits per heavy atom. The number of fused-ring (bicyclic) bond motifs is 1. The number of aromatic nitrogens is 6. The Hall–Kier alpha value is -2.68. The Morgan fingerprint density at radius 2 is 1.91 bits per heavy atom. The van der Waals surface area contributed by atoms with Crippen molar-refractivity contribution in [2.45, 2.75) is 31.7 Å². The summed E-state index contributed by atoms with van der Waals surface area (Å²) in [4.78, 5) is 6.98. The normalized spacial score (nSPS) is 17.5. The molecule has 8 nitrogen and oxygen atoms in total. The monoisotopic (exact) mass is 497 g/mol. The average molecular weight is 498 g/mol. The summed E-state index contributed by atoms with van der Waals surface area (Å²) >= 11 is 13.5. The molecule has 6 rings (SSSR count). The second kappa shape index (κ2) is 8.52. The van der Waals surface area contributed by atoms with Crippen molar-refractivity contribution in [2.24, 2.45) is 7.05 Å². The van der Waals surface area contributed by atoms with Gasteiger partial charge >= 0.3 is 0 Å². The standard InChI is InChI=1S/C24H25Cl2N7O/c1-14(22-18(25)6-5-16(23(22)26)15-3-4-15)33-21-11-19(27-13-20(21)29-30-33)17-12-28-31(2)24(17)32-7-9-34-10-8-32/h5-6,11-15H,3-4,7-10H2,1-2H3/t14-/m1/s1. The van der Waals surface area contributed by atoms with Gasteiger partial charge in [-0.2, -0.15) is 5.10 Å². The molecule has 10 heteroatoms. The van der Waals surface area contributed by atoms with Crippen molar-refractivity contribution in [3.63, 3.8) is 0 Å². The van der Waals surface area contributed by atoms with E-state index >= 15 is 0 Å². The van der Waals surface area contributed by atoms with Crippen LogP contribution in [0.2, 0.25) is 10.0 Å². The maximum absolute atomic E-state index is 6.86. The van der Waals surface area contributed by atoms with E-state index in [1.807, 2.05) is 34.7 Å². The Morgan fingerprint density at radius 3 is 2.68 bits per heavy atom. The first kappa shape index (κ1) is 21.8. The molecule has 1 saturated heterocycles. The van der Waals surface area contributed by atoms with E-state index in [9.17, 15) is 0 Å². The van der Waals surface area contributed by atoms with Crippen LogP contribution in [0.5, 0.6) is 0 Å². The van der Waals surface area contributed by atoms with Crippen molar-refractivity contribution in [3.8, 4) is 11.3 Å². The zero-order valence-corrected chi connectivity index (χ0v) is 20.6. The molecule has 0 spiro atoms. The summed E-state index contributed by atoms with van der Waals surface area (Å²) in [5.74, 6) is 1.56. The predicted molar refractivity (Wildman–Crippen MR) is 133 cm³/mol. The minimum absolute atomic E-state index is 0.188. The van der Waals surface area contributed by atoms with Crippen LogP contribution >= 0.6 is 23.2 Å². The zero-order chi connectivity index (χ0) is 23.4. The Kier molecular flexibility index (Phi) is 5.47. The van der Waals surface area contributed by atoms with Gasteiger partial charge in [0.15, 0.2) is 0 Å². The Bertz CT molecular complexity index is 1370. The number of pyridine rings is 1. The van der Waals surface area contributed by atoms with Crippen LogP contribution in [0.3, 0.4) is 0 Å². The Balaban J connectivity index is 1.43. The number of morpholine rings is 1. The first-order valence-corrected chi connectivity index (χ1v) is 12.3. The molecular formula is C24H25Cl2N7O. The van der Waals surface area contributed by atoms with Crippen LogP contribution in [0.4, 0.5) is 5.82 Å². The molecule has 0 unspecified atom stereocenters. The van der Waals surface area contributed by atoms with Gasteiger partial charge in [-0.1, -0.05) is 34.5 Å². The average Bonchev–Trinajstić information content (AvgIpc) is 3.47. The minimum Gasteiger partial charge on any atom is -0.378 e. The molecule has 0 amide bonds. The van der Waals surface area contributed by atoms with E-state index in [2.05, 4.69) is 33.3 Å². The van der Waals surface area contributed by atoms with Gasteiger partial charge in [0.1, 0.15) is 11.3 Å². The smallest absolute Gasteiger partial charge is 0.136 e. The third kappa shape index (κ3) is 3.65. The summed E-state index contributed by atoms with van der Waals surface area (Å²) in [6, 6.07) is 5.84. The number of rotatable bonds is 5. The number of hydrogen-bond acceptors (Lipinski definition) is 6. The van der Waals surface area contributed by atoms with Gasteiger partial charge in [-0.05, 0) is 43.4 Å². The van der Waals surface area contributed by atoms with E-state index in [1.165, 1.54) is 18.4 Å². The van der Waals surface area contributed by atoms with Gasteiger partial charge in [-0.25, -0.2) is 4.68 Å². The van der Waals surface area contributed by atoms with Crippen molar-refractivity contribution in [2.75, 3.05) is 31.2 Å². The molecule has 3 aromatic heterocycles. The second-order valence-electron chi connectivity index (χ2n) is 9.01. The minimum atomic E-state index is -0.188. The van der Waals surface area contributed by atoms with Gasteiger partial charge in [0, 0.05) is 30.7 Å². The summed E-state index contributed by atoms with van der Waals surface area (Å²) in [6.45, 7) is 5.10. The van der Waals surface area contributed by atoms with Crippen molar-refractivity contribution in [1.82, 2.24) is 29.8 Å². The molecule has 0 N–H and O–H groups in total. The lowest BCUT2D eigenvalue weighted by Gasteiger charge is -2.29. The first-order chi connectivity index (χ1) is 16.5. The van der Waals surface area contributed by atoms with Crippen molar-refractivity contribution >= 4 is 40.1 Å². The van der Waals surface area contributed by atoms with E-state index in [1.54, 1.807) is 6.20 Å². The second-order valence-corrected chi connectivity index (χ2v) is 9.80. The number of hydrogen-bond donors (Lipinski definition) is 0. The van der Waals surface area contributed by atoms with E-state index in [-0.39, 0.29) is 6.04 Å². The number of ether oxygens (including phenoxy) is 1. The first-order valence-electron chi connectivity index (χ1n) is 11.6. The van der Waals surface area contributed by atoms with Crippen LogP contribution in [0.1, 0.15) is 42.9 Å². The topological polar surface area (TPSA) is 73.9 Å². The fourth-order valence-corrected chi connectivity index (χ4v) is 5.68. The van der Waals surface area contributed by atoms with Gasteiger partial charge in [0.25, 0.3) is 0 Å². The number of halogens is 2. The number of benzene rings is 1. The molecule has 1 aliphatic heterocycles.